The molecule has 13 heavy (non-hydrogen) atoms. The van der Waals surface area contributed by atoms with Gasteiger partial charge < -0.3 is 10.2 Å². The minimum Gasteiger partial charge on any atom is -0.457 e. The second-order valence-electron chi connectivity index (χ2n) is 2.72. The number of halogens is 1. The quantitative estimate of drug-likeness (QED) is 0.898. The largest absolute Gasteiger partial charge is 0.457 e. The van der Waals surface area contributed by atoms with Crippen molar-refractivity contribution in [2.24, 2.45) is 5.73 Å². The molecule has 1 atom stereocenters. The Kier molecular flexibility index (Phi) is 2.53. The summed E-state index contributed by atoms with van der Waals surface area (Å²) in [4.78, 5) is 0. The number of thiophene rings is 1. The van der Waals surface area contributed by atoms with E-state index in [0.29, 0.717) is 4.67 Å². The Balaban J connectivity index is 2.28. The van der Waals surface area contributed by atoms with Gasteiger partial charge in [-0.1, -0.05) is 0 Å². The molecule has 4 heteroatoms. The molecular formula is C9H8BrNOS. The van der Waals surface area contributed by atoms with Gasteiger partial charge in [-0.05, 0) is 44.4 Å². The summed E-state index contributed by atoms with van der Waals surface area (Å²) >= 11 is 4.89. The first kappa shape index (κ1) is 8.99. The van der Waals surface area contributed by atoms with Crippen LogP contribution in [0.5, 0.6) is 0 Å². The maximum Gasteiger partial charge on any atom is 0.169 e. The molecular weight excluding hydrogens is 250 g/mol. The molecule has 2 rings (SSSR count). The third-order valence-corrected chi connectivity index (χ3v) is 2.97. The fourth-order valence-electron chi connectivity index (χ4n) is 1.13. The van der Waals surface area contributed by atoms with Crippen molar-refractivity contribution in [3.63, 3.8) is 0 Å². The Bertz CT molecular complexity index is 382. The van der Waals surface area contributed by atoms with Crippen LogP contribution in [-0.2, 0) is 0 Å². The summed E-state index contributed by atoms with van der Waals surface area (Å²) in [5.74, 6) is 0. The molecule has 2 heterocycles. The van der Waals surface area contributed by atoms with Crippen LogP contribution in [0.15, 0.2) is 38.2 Å². The zero-order valence-electron chi connectivity index (χ0n) is 6.74. The van der Waals surface area contributed by atoms with E-state index in [-0.39, 0.29) is 6.04 Å². The fraction of sp³-hybridized carbons (Fsp3) is 0.111. The van der Waals surface area contributed by atoms with Gasteiger partial charge in [0.15, 0.2) is 4.67 Å². The van der Waals surface area contributed by atoms with Crippen molar-refractivity contribution >= 4 is 27.3 Å². The molecule has 2 N–H and O–H groups in total. The van der Waals surface area contributed by atoms with Crippen LogP contribution < -0.4 is 5.73 Å². The van der Waals surface area contributed by atoms with Crippen molar-refractivity contribution in [3.05, 3.63) is 45.0 Å². The smallest absolute Gasteiger partial charge is 0.169 e. The van der Waals surface area contributed by atoms with Gasteiger partial charge in [-0.25, -0.2) is 0 Å². The Labute approximate surface area is 88.5 Å². The Morgan fingerprint density at radius 2 is 2.31 bits per heavy atom. The standard InChI is InChI=1S/C9H8BrNOS/c10-8-3-7(4-12-8)9(11)6-1-2-13-5-6/h1-5,9H,11H2. The number of rotatable bonds is 2. The van der Waals surface area contributed by atoms with Gasteiger partial charge >= 0.3 is 0 Å². The summed E-state index contributed by atoms with van der Waals surface area (Å²) in [6, 6.07) is 3.83. The fourth-order valence-corrected chi connectivity index (χ4v) is 2.19. The van der Waals surface area contributed by atoms with E-state index in [1.807, 2.05) is 22.9 Å². The van der Waals surface area contributed by atoms with Crippen LogP contribution in [-0.4, -0.2) is 0 Å². The van der Waals surface area contributed by atoms with Crippen LogP contribution >= 0.6 is 27.3 Å². The molecule has 0 spiro atoms. The van der Waals surface area contributed by atoms with E-state index < -0.39 is 0 Å². The lowest BCUT2D eigenvalue weighted by molar-refractivity contribution is 0.537. The highest BCUT2D eigenvalue weighted by molar-refractivity contribution is 9.10. The van der Waals surface area contributed by atoms with Gasteiger partial charge in [0.05, 0.1) is 12.3 Å². The van der Waals surface area contributed by atoms with Crippen LogP contribution in [0.4, 0.5) is 0 Å². The van der Waals surface area contributed by atoms with Crippen LogP contribution in [0.2, 0.25) is 0 Å². The van der Waals surface area contributed by atoms with Crippen molar-refractivity contribution < 1.29 is 4.42 Å². The molecule has 2 nitrogen and oxygen atoms in total. The zero-order valence-corrected chi connectivity index (χ0v) is 9.14. The van der Waals surface area contributed by atoms with Gasteiger partial charge in [-0.3, -0.25) is 0 Å². The van der Waals surface area contributed by atoms with E-state index in [0.717, 1.165) is 11.1 Å². The van der Waals surface area contributed by atoms with Crippen molar-refractivity contribution in [2.75, 3.05) is 0 Å². The van der Waals surface area contributed by atoms with E-state index in [1.165, 1.54) is 0 Å². The first-order chi connectivity index (χ1) is 6.27. The van der Waals surface area contributed by atoms with Crippen molar-refractivity contribution in [3.8, 4) is 0 Å². The Morgan fingerprint density at radius 1 is 1.46 bits per heavy atom. The Morgan fingerprint density at radius 3 is 2.85 bits per heavy atom. The monoisotopic (exact) mass is 257 g/mol. The minimum absolute atomic E-state index is 0.0821. The van der Waals surface area contributed by atoms with Crippen LogP contribution in [0.1, 0.15) is 17.2 Å². The highest BCUT2D eigenvalue weighted by atomic mass is 79.9. The van der Waals surface area contributed by atoms with Crippen LogP contribution in [0.25, 0.3) is 0 Å². The predicted octanol–water partition coefficient (Wildman–Crippen LogP) is 3.15. The number of furan rings is 1. The topological polar surface area (TPSA) is 39.2 Å². The van der Waals surface area contributed by atoms with Crippen molar-refractivity contribution in [1.82, 2.24) is 0 Å². The third kappa shape index (κ3) is 1.85. The summed E-state index contributed by atoms with van der Waals surface area (Å²) in [6.45, 7) is 0. The zero-order chi connectivity index (χ0) is 9.26. The average molecular weight is 258 g/mol. The van der Waals surface area contributed by atoms with Gasteiger partial charge in [0.25, 0.3) is 0 Å². The molecule has 0 saturated heterocycles. The molecule has 0 aliphatic rings. The molecule has 0 aromatic carbocycles. The van der Waals surface area contributed by atoms with E-state index >= 15 is 0 Å². The SMILES string of the molecule is NC(c1ccsc1)c1coc(Br)c1. The molecule has 0 amide bonds. The highest BCUT2D eigenvalue weighted by Crippen LogP contribution is 2.25. The van der Waals surface area contributed by atoms with Gasteiger partial charge in [-0.15, -0.1) is 0 Å². The van der Waals surface area contributed by atoms with Crippen LogP contribution in [0.3, 0.4) is 0 Å². The molecule has 0 saturated carbocycles. The van der Waals surface area contributed by atoms with E-state index in [4.69, 9.17) is 10.2 Å². The molecule has 2 aromatic rings. The second kappa shape index (κ2) is 3.65. The normalized spacial score (nSPS) is 13.1. The Hall–Kier alpha value is -0.580. The first-order valence-electron chi connectivity index (χ1n) is 3.79. The summed E-state index contributed by atoms with van der Waals surface area (Å²) in [7, 11) is 0. The molecule has 0 radical (unpaired) electrons. The van der Waals surface area contributed by atoms with E-state index in [9.17, 15) is 0 Å². The highest BCUT2D eigenvalue weighted by Gasteiger charge is 2.11. The van der Waals surface area contributed by atoms with E-state index in [1.54, 1.807) is 17.6 Å². The van der Waals surface area contributed by atoms with Gasteiger partial charge in [0.2, 0.25) is 0 Å². The maximum atomic E-state index is 6.00. The molecule has 1 unspecified atom stereocenters. The maximum absolute atomic E-state index is 6.00. The number of nitrogens with two attached hydrogens (primary N) is 1. The third-order valence-electron chi connectivity index (χ3n) is 1.85. The lowest BCUT2D eigenvalue weighted by Gasteiger charge is -2.05. The van der Waals surface area contributed by atoms with Gasteiger partial charge in [0.1, 0.15) is 0 Å². The van der Waals surface area contributed by atoms with E-state index in [2.05, 4.69) is 15.9 Å². The molecule has 2 aromatic heterocycles. The van der Waals surface area contributed by atoms with Crippen molar-refractivity contribution in [1.29, 1.82) is 0 Å². The lowest BCUT2D eigenvalue weighted by atomic mass is 10.1. The molecule has 68 valence electrons. The van der Waals surface area contributed by atoms with Crippen molar-refractivity contribution in [2.45, 2.75) is 6.04 Å². The first-order valence-corrected chi connectivity index (χ1v) is 5.52. The summed E-state index contributed by atoms with van der Waals surface area (Å²) in [5, 5.41) is 4.07. The summed E-state index contributed by atoms with van der Waals surface area (Å²) < 4.78 is 5.84. The second-order valence-corrected chi connectivity index (χ2v) is 4.28. The lowest BCUT2D eigenvalue weighted by Crippen LogP contribution is -2.09. The minimum atomic E-state index is -0.0821. The predicted molar refractivity (Wildman–Crippen MR) is 56.8 cm³/mol. The molecule has 0 bridgehead atoms. The number of hydrogen-bond acceptors (Lipinski definition) is 3. The molecule has 0 fully saturated rings. The molecule has 0 aliphatic carbocycles. The summed E-state index contributed by atoms with van der Waals surface area (Å²) in [6.07, 6.45) is 1.67. The summed E-state index contributed by atoms with van der Waals surface area (Å²) in [5.41, 5.74) is 8.11. The van der Waals surface area contributed by atoms with Crippen LogP contribution in [0, 0.1) is 0 Å². The van der Waals surface area contributed by atoms with Gasteiger partial charge in [0, 0.05) is 5.56 Å². The van der Waals surface area contributed by atoms with Gasteiger partial charge in [-0.2, -0.15) is 11.3 Å². The molecule has 0 aliphatic heterocycles. The average Bonchev–Trinajstić information content (AvgIpc) is 2.72. The number of hydrogen-bond donors (Lipinski definition) is 1.